The predicted molar refractivity (Wildman–Crippen MR) is 131 cm³/mol. The van der Waals surface area contributed by atoms with Crippen LogP contribution in [0, 0.1) is 0 Å². The van der Waals surface area contributed by atoms with E-state index in [1.807, 2.05) is 0 Å². The van der Waals surface area contributed by atoms with E-state index in [0.29, 0.717) is 19.5 Å². The normalized spacial score (nSPS) is 12.6. The van der Waals surface area contributed by atoms with Crippen LogP contribution in [0.25, 0.3) is 11.2 Å². The second-order valence-electron chi connectivity index (χ2n) is 9.98. The fraction of sp³-hybridized carbons (Fsp3) is 0.667. The SMILES string of the molecule is CC(C)(C)OP(=O)(CCC(=O)NCCCNc1nc2c(ncn2CC(=O)O)c(=O)[nH]1)OC(C)(C)C. The number of hydrogen-bond donors (Lipinski definition) is 4. The third-order valence-corrected chi connectivity index (χ3v) is 6.61. The quantitative estimate of drug-likeness (QED) is 0.243. The molecule has 13 nitrogen and oxygen atoms in total. The van der Waals surface area contributed by atoms with Crippen molar-refractivity contribution in [2.75, 3.05) is 24.6 Å². The number of rotatable bonds is 12. The first kappa shape index (κ1) is 28.5. The van der Waals surface area contributed by atoms with Gasteiger partial charge in [-0.1, -0.05) is 0 Å². The maximum absolute atomic E-state index is 13.2. The summed E-state index contributed by atoms with van der Waals surface area (Å²) in [5, 5.41) is 14.7. The highest BCUT2D eigenvalue weighted by Crippen LogP contribution is 2.54. The predicted octanol–water partition coefficient (Wildman–Crippen LogP) is 2.34. The van der Waals surface area contributed by atoms with Gasteiger partial charge >= 0.3 is 13.6 Å². The molecule has 0 bridgehead atoms. The molecule has 0 spiro atoms. The molecule has 2 rings (SSSR count). The Kier molecular flexibility index (Phi) is 9.21. The van der Waals surface area contributed by atoms with E-state index in [2.05, 4.69) is 25.6 Å². The van der Waals surface area contributed by atoms with E-state index in [0.717, 1.165) is 0 Å². The molecule has 0 radical (unpaired) electrons. The average Bonchev–Trinajstić information content (AvgIpc) is 3.06. The molecule has 196 valence electrons. The van der Waals surface area contributed by atoms with Crippen LogP contribution in [0.5, 0.6) is 0 Å². The van der Waals surface area contributed by atoms with Crippen molar-refractivity contribution in [3.05, 3.63) is 16.7 Å². The van der Waals surface area contributed by atoms with Crippen LogP contribution in [0.15, 0.2) is 11.1 Å². The number of nitrogens with one attached hydrogen (secondary N) is 3. The third-order valence-electron chi connectivity index (χ3n) is 4.19. The van der Waals surface area contributed by atoms with Crippen molar-refractivity contribution in [1.82, 2.24) is 24.8 Å². The van der Waals surface area contributed by atoms with Crippen LogP contribution in [0.3, 0.4) is 0 Å². The summed E-state index contributed by atoms with van der Waals surface area (Å²) in [6.45, 7) is 11.0. The zero-order valence-electron chi connectivity index (χ0n) is 21.0. The molecule has 0 unspecified atom stereocenters. The molecule has 4 N–H and O–H groups in total. The van der Waals surface area contributed by atoms with Crippen LogP contribution in [0.1, 0.15) is 54.4 Å². The summed E-state index contributed by atoms with van der Waals surface area (Å²) >= 11 is 0. The first-order valence-corrected chi connectivity index (χ1v) is 13.0. The van der Waals surface area contributed by atoms with Crippen LogP contribution in [0.4, 0.5) is 5.95 Å². The van der Waals surface area contributed by atoms with Crippen molar-refractivity contribution in [2.24, 2.45) is 0 Å². The van der Waals surface area contributed by atoms with Crippen molar-refractivity contribution in [3.63, 3.8) is 0 Å². The number of amides is 1. The van der Waals surface area contributed by atoms with Gasteiger partial charge in [0.25, 0.3) is 5.56 Å². The Morgan fingerprint density at radius 3 is 2.34 bits per heavy atom. The number of fused-ring (bicyclic) bond motifs is 1. The smallest absolute Gasteiger partial charge is 0.332 e. The molecule has 0 aliphatic rings. The highest BCUT2D eigenvalue weighted by Gasteiger charge is 2.35. The van der Waals surface area contributed by atoms with E-state index in [9.17, 15) is 18.9 Å². The molecule has 0 saturated carbocycles. The number of imidazole rings is 1. The molecule has 0 aliphatic carbocycles. The molecule has 0 saturated heterocycles. The summed E-state index contributed by atoms with van der Waals surface area (Å²) in [5.41, 5.74) is -1.66. The number of aromatic amines is 1. The molecule has 0 atom stereocenters. The van der Waals surface area contributed by atoms with Crippen molar-refractivity contribution >= 4 is 36.6 Å². The number of carbonyl (C=O) groups excluding carboxylic acids is 1. The molecule has 0 fully saturated rings. The third kappa shape index (κ3) is 9.79. The summed E-state index contributed by atoms with van der Waals surface area (Å²) < 4.78 is 25.8. The highest BCUT2D eigenvalue weighted by atomic mass is 31.2. The maximum Gasteiger partial charge on any atom is 0.332 e. The van der Waals surface area contributed by atoms with Gasteiger partial charge in [-0.15, -0.1) is 0 Å². The number of H-pyrrole nitrogens is 1. The summed E-state index contributed by atoms with van der Waals surface area (Å²) in [7, 11) is -3.49. The molecular formula is C21H35N6O7P. The fourth-order valence-electron chi connectivity index (χ4n) is 3.09. The van der Waals surface area contributed by atoms with E-state index in [4.69, 9.17) is 14.2 Å². The van der Waals surface area contributed by atoms with Gasteiger partial charge in [0.2, 0.25) is 11.9 Å². The van der Waals surface area contributed by atoms with Crippen LogP contribution in [-0.4, -0.2) is 67.0 Å². The van der Waals surface area contributed by atoms with E-state index in [1.54, 1.807) is 41.5 Å². The Balaban J connectivity index is 1.83. The van der Waals surface area contributed by atoms with E-state index >= 15 is 0 Å². The molecule has 1 amide bonds. The first-order chi connectivity index (χ1) is 16.1. The lowest BCUT2D eigenvalue weighted by Crippen LogP contribution is -2.29. The lowest BCUT2D eigenvalue weighted by molar-refractivity contribution is -0.137. The van der Waals surface area contributed by atoms with Gasteiger partial charge in [-0.25, -0.2) is 4.98 Å². The Morgan fingerprint density at radius 2 is 1.77 bits per heavy atom. The molecule has 35 heavy (non-hydrogen) atoms. The van der Waals surface area contributed by atoms with Gasteiger partial charge in [-0.3, -0.25) is 23.9 Å². The number of aromatic nitrogens is 4. The van der Waals surface area contributed by atoms with Crippen LogP contribution < -0.4 is 16.2 Å². The fourth-order valence-corrected chi connectivity index (χ4v) is 5.46. The van der Waals surface area contributed by atoms with Crippen molar-refractivity contribution in [1.29, 1.82) is 0 Å². The first-order valence-electron chi connectivity index (χ1n) is 11.2. The summed E-state index contributed by atoms with van der Waals surface area (Å²) in [6, 6.07) is 0. The number of carbonyl (C=O) groups is 2. The molecular weight excluding hydrogens is 479 g/mol. The second kappa shape index (κ2) is 11.3. The van der Waals surface area contributed by atoms with Crippen molar-refractivity contribution < 1.29 is 28.3 Å². The monoisotopic (exact) mass is 514 g/mol. The molecule has 14 heteroatoms. The lowest BCUT2D eigenvalue weighted by Gasteiger charge is -2.32. The van der Waals surface area contributed by atoms with Crippen LogP contribution >= 0.6 is 7.60 Å². The summed E-state index contributed by atoms with van der Waals surface area (Å²) in [5.74, 6) is -1.20. The van der Waals surface area contributed by atoms with E-state index < -0.39 is 30.3 Å². The topological polar surface area (TPSA) is 178 Å². The number of carboxylic acids is 1. The second-order valence-corrected chi connectivity index (χ2v) is 12.0. The molecule has 2 heterocycles. The van der Waals surface area contributed by atoms with Crippen molar-refractivity contribution in [3.8, 4) is 0 Å². The largest absolute Gasteiger partial charge is 0.480 e. The Bertz CT molecular complexity index is 1130. The Hall–Kier alpha value is -2.76. The molecule has 0 aromatic carbocycles. The number of aliphatic carboxylic acids is 1. The average molecular weight is 515 g/mol. The zero-order valence-corrected chi connectivity index (χ0v) is 21.9. The standard InChI is InChI=1S/C21H35N6O7P/c1-20(2,3)33-35(32,34-21(4,5)6)11-8-14(28)22-9-7-10-23-19-25-17-16(18(31)26-19)24-13-27(17)12-15(29)30/h13H,7-12H2,1-6H3,(H,22,28)(H,29,30)(H2,23,25,26,31). The summed E-state index contributed by atoms with van der Waals surface area (Å²) in [4.78, 5) is 46.0. The number of nitrogens with zero attached hydrogens (tertiary/aromatic N) is 3. The molecule has 0 aliphatic heterocycles. The van der Waals surface area contributed by atoms with Gasteiger partial charge < -0.3 is 29.4 Å². The Labute approximate surface area is 203 Å². The van der Waals surface area contributed by atoms with Gasteiger partial charge in [0.15, 0.2) is 11.2 Å². The van der Waals surface area contributed by atoms with Gasteiger partial charge in [-0.05, 0) is 48.0 Å². The number of anilines is 1. The Morgan fingerprint density at radius 1 is 1.14 bits per heavy atom. The minimum Gasteiger partial charge on any atom is -0.480 e. The van der Waals surface area contributed by atoms with Gasteiger partial charge in [0.05, 0.1) is 23.7 Å². The summed E-state index contributed by atoms with van der Waals surface area (Å²) in [6.07, 6.45) is 1.70. The minimum absolute atomic E-state index is 0.0179. The maximum atomic E-state index is 13.2. The van der Waals surface area contributed by atoms with Gasteiger partial charge in [-0.2, -0.15) is 4.98 Å². The van der Waals surface area contributed by atoms with Crippen LogP contribution in [0.2, 0.25) is 0 Å². The van der Waals surface area contributed by atoms with Crippen LogP contribution in [-0.2, 0) is 29.7 Å². The van der Waals surface area contributed by atoms with Crippen molar-refractivity contribution in [2.45, 2.75) is 72.1 Å². The van der Waals surface area contributed by atoms with E-state index in [1.165, 1.54) is 10.9 Å². The lowest BCUT2D eigenvalue weighted by atomic mass is 10.2. The number of carboxylic acid groups (broad SMARTS) is 1. The molecule has 2 aromatic rings. The zero-order chi connectivity index (χ0) is 26.4. The highest BCUT2D eigenvalue weighted by molar-refractivity contribution is 7.54. The number of hydrogen-bond acceptors (Lipinski definition) is 9. The minimum atomic E-state index is -3.49. The van der Waals surface area contributed by atoms with Gasteiger partial charge in [0.1, 0.15) is 6.54 Å². The van der Waals surface area contributed by atoms with E-state index in [-0.39, 0.29) is 42.1 Å². The molecule has 2 aromatic heterocycles. The van der Waals surface area contributed by atoms with Gasteiger partial charge in [0, 0.05) is 19.5 Å².